The Morgan fingerprint density at radius 3 is 2.26 bits per heavy atom. The Morgan fingerprint density at radius 2 is 1.70 bits per heavy atom. The van der Waals surface area contributed by atoms with Crippen LogP contribution < -0.4 is 4.90 Å². The highest BCUT2D eigenvalue weighted by atomic mass is 16.3. The van der Waals surface area contributed by atoms with Crippen molar-refractivity contribution in [3.63, 3.8) is 0 Å². The summed E-state index contributed by atoms with van der Waals surface area (Å²) < 4.78 is 5.17. The molecule has 2 aromatic rings. The van der Waals surface area contributed by atoms with E-state index in [0.717, 1.165) is 18.8 Å². The van der Waals surface area contributed by atoms with Crippen molar-refractivity contribution in [1.29, 1.82) is 0 Å². The Morgan fingerprint density at radius 1 is 1.07 bits per heavy atom. The lowest BCUT2D eigenvalue weighted by molar-refractivity contribution is 0.0515. The van der Waals surface area contributed by atoms with Gasteiger partial charge < -0.3 is 19.1 Å². The third-order valence-corrected chi connectivity index (χ3v) is 4.69. The average molecular weight is 371 g/mol. The Labute approximate surface area is 158 Å². The van der Waals surface area contributed by atoms with Gasteiger partial charge in [-0.3, -0.25) is 9.59 Å². The molecule has 1 aliphatic rings. The molecule has 2 aromatic heterocycles. The Kier molecular flexibility index (Phi) is 5.73. The number of carbonyl (C=O) groups excluding carboxylic acids is 2. The second kappa shape index (κ2) is 8.20. The van der Waals surface area contributed by atoms with Crippen LogP contribution in [0.4, 0.5) is 5.95 Å². The van der Waals surface area contributed by atoms with E-state index in [-0.39, 0.29) is 11.8 Å². The van der Waals surface area contributed by atoms with E-state index in [9.17, 15) is 9.59 Å². The fourth-order valence-corrected chi connectivity index (χ4v) is 3.14. The first-order valence-corrected chi connectivity index (χ1v) is 9.26. The lowest BCUT2D eigenvalue weighted by atomic mass is 10.2. The molecule has 8 nitrogen and oxygen atoms in total. The van der Waals surface area contributed by atoms with Gasteiger partial charge >= 0.3 is 0 Å². The van der Waals surface area contributed by atoms with Crippen molar-refractivity contribution < 1.29 is 14.0 Å². The summed E-state index contributed by atoms with van der Waals surface area (Å²) in [7, 11) is 0. The van der Waals surface area contributed by atoms with Crippen molar-refractivity contribution in [2.75, 3.05) is 44.2 Å². The summed E-state index contributed by atoms with van der Waals surface area (Å²) in [5.74, 6) is 0.632. The number of anilines is 1. The summed E-state index contributed by atoms with van der Waals surface area (Å²) >= 11 is 0. The van der Waals surface area contributed by atoms with Gasteiger partial charge in [0, 0.05) is 45.0 Å². The minimum Gasteiger partial charge on any atom is -0.459 e. The molecule has 0 radical (unpaired) electrons. The molecule has 0 N–H and O–H groups in total. The molecular formula is C19H25N5O3. The first-order valence-electron chi connectivity index (χ1n) is 9.26. The highest BCUT2D eigenvalue weighted by Gasteiger charge is 2.27. The molecule has 144 valence electrons. The lowest BCUT2D eigenvalue weighted by Crippen LogP contribution is -2.50. The van der Waals surface area contributed by atoms with E-state index in [4.69, 9.17) is 4.42 Å². The lowest BCUT2D eigenvalue weighted by Gasteiger charge is -2.34. The SMILES string of the molecule is CCN(CC)c1nc(C)cc(C(=O)N2CCN(C(=O)c3ccco3)CC2)n1. The molecule has 1 saturated heterocycles. The molecule has 0 aromatic carbocycles. The predicted molar refractivity (Wildman–Crippen MR) is 101 cm³/mol. The van der Waals surface area contributed by atoms with Crippen molar-refractivity contribution >= 4 is 17.8 Å². The van der Waals surface area contributed by atoms with Crippen LogP contribution in [0.15, 0.2) is 28.9 Å². The van der Waals surface area contributed by atoms with Crippen molar-refractivity contribution in [3.05, 3.63) is 41.6 Å². The van der Waals surface area contributed by atoms with Crippen LogP contribution in [-0.4, -0.2) is 70.9 Å². The molecule has 3 heterocycles. The highest BCUT2D eigenvalue weighted by Crippen LogP contribution is 2.14. The Balaban J connectivity index is 1.68. The first kappa shape index (κ1) is 18.9. The monoisotopic (exact) mass is 371 g/mol. The van der Waals surface area contributed by atoms with Crippen molar-refractivity contribution in [2.24, 2.45) is 0 Å². The number of hydrogen-bond acceptors (Lipinski definition) is 6. The summed E-state index contributed by atoms with van der Waals surface area (Å²) in [6, 6.07) is 5.06. The van der Waals surface area contributed by atoms with E-state index in [0.29, 0.717) is 43.6 Å². The molecule has 0 aliphatic carbocycles. The van der Waals surface area contributed by atoms with Gasteiger partial charge in [0.25, 0.3) is 11.8 Å². The molecule has 27 heavy (non-hydrogen) atoms. The number of carbonyl (C=O) groups is 2. The van der Waals surface area contributed by atoms with Crippen LogP contribution in [0.25, 0.3) is 0 Å². The number of piperazine rings is 1. The van der Waals surface area contributed by atoms with E-state index in [1.165, 1.54) is 6.26 Å². The minimum absolute atomic E-state index is 0.126. The molecule has 3 rings (SSSR count). The second-order valence-corrected chi connectivity index (χ2v) is 6.43. The average Bonchev–Trinajstić information content (AvgIpc) is 3.22. The second-order valence-electron chi connectivity index (χ2n) is 6.43. The summed E-state index contributed by atoms with van der Waals surface area (Å²) in [4.78, 5) is 39.6. The normalized spacial score (nSPS) is 14.3. The molecule has 0 spiro atoms. The number of aryl methyl sites for hydroxylation is 1. The number of amides is 2. The number of hydrogen-bond donors (Lipinski definition) is 0. The zero-order chi connectivity index (χ0) is 19.4. The third kappa shape index (κ3) is 4.10. The molecular weight excluding hydrogens is 346 g/mol. The van der Waals surface area contributed by atoms with Gasteiger partial charge in [-0.25, -0.2) is 9.97 Å². The van der Waals surface area contributed by atoms with Gasteiger partial charge in [0.15, 0.2) is 5.76 Å². The van der Waals surface area contributed by atoms with Gasteiger partial charge in [0.2, 0.25) is 5.95 Å². The summed E-state index contributed by atoms with van der Waals surface area (Å²) in [5.41, 5.74) is 1.16. The van der Waals surface area contributed by atoms with Crippen molar-refractivity contribution in [2.45, 2.75) is 20.8 Å². The molecule has 0 bridgehead atoms. The number of furan rings is 1. The molecule has 0 saturated carbocycles. The van der Waals surface area contributed by atoms with Crippen molar-refractivity contribution in [1.82, 2.24) is 19.8 Å². The predicted octanol–water partition coefficient (Wildman–Crippen LogP) is 1.82. The Bertz CT molecular complexity index is 794. The van der Waals surface area contributed by atoms with Crippen LogP contribution >= 0.6 is 0 Å². The molecule has 0 atom stereocenters. The van der Waals surface area contributed by atoms with Gasteiger partial charge in [-0.15, -0.1) is 0 Å². The minimum atomic E-state index is -0.145. The van der Waals surface area contributed by atoms with Crippen LogP contribution in [0.1, 0.15) is 40.6 Å². The van der Waals surface area contributed by atoms with Crippen LogP contribution in [-0.2, 0) is 0 Å². The van der Waals surface area contributed by atoms with Gasteiger partial charge in [-0.05, 0) is 39.0 Å². The van der Waals surface area contributed by atoms with E-state index in [1.54, 1.807) is 28.0 Å². The third-order valence-electron chi connectivity index (χ3n) is 4.69. The zero-order valence-electron chi connectivity index (χ0n) is 16.0. The maximum absolute atomic E-state index is 12.9. The summed E-state index contributed by atoms with van der Waals surface area (Å²) in [6.45, 7) is 9.37. The first-order chi connectivity index (χ1) is 13.0. The van der Waals surface area contributed by atoms with E-state index >= 15 is 0 Å². The number of aromatic nitrogens is 2. The molecule has 1 aliphatic heterocycles. The van der Waals surface area contributed by atoms with Gasteiger partial charge in [-0.1, -0.05) is 0 Å². The topological polar surface area (TPSA) is 82.8 Å². The maximum Gasteiger partial charge on any atom is 0.289 e. The maximum atomic E-state index is 12.9. The van der Waals surface area contributed by atoms with E-state index < -0.39 is 0 Å². The molecule has 8 heteroatoms. The van der Waals surface area contributed by atoms with Crippen LogP contribution in [0.5, 0.6) is 0 Å². The number of rotatable bonds is 5. The fourth-order valence-electron chi connectivity index (χ4n) is 3.14. The largest absolute Gasteiger partial charge is 0.459 e. The standard InChI is InChI=1S/C19H25N5O3/c1-4-22(5-2)19-20-14(3)13-15(21-19)17(25)23-8-10-24(11-9-23)18(26)16-7-6-12-27-16/h6-7,12-13H,4-5,8-11H2,1-3H3. The molecule has 2 amide bonds. The van der Waals surface area contributed by atoms with Gasteiger partial charge in [-0.2, -0.15) is 0 Å². The summed E-state index contributed by atoms with van der Waals surface area (Å²) in [6.07, 6.45) is 1.48. The van der Waals surface area contributed by atoms with E-state index in [1.807, 2.05) is 25.7 Å². The quantitative estimate of drug-likeness (QED) is 0.797. The summed E-state index contributed by atoms with van der Waals surface area (Å²) in [5, 5.41) is 0. The van der Waals surface area contributed by atoms with E-state index in [2.05, 4.69) is 9.97 Å². The van der Waals surface area contributed by atoms with Crippen LogP contribution in [0, 0.1) is 6.92 Å². The Hall–Kier alpha value is -2.90. The van der Waals surface area contributed by atoms with Gasteiger partial charge in [0.1, 0.15) is 5.69 Å². The number of nitrogens with zero attached hydrogens (tertiary/aromatic N) is 5. The fraction of sp³-hybridized carbons (Fsp3) is 0.474. The molecule has 1 fully saturated rings. The van der Waals surface area contributed by atoms with Crippen molar-refractivity contribution in [3.8, 4) is 0 Å². The smallest absolute Gasteiger partial charge is 0.289 e. The molecule has 0 unspecified atom stereocenters. The highest BCUT2D eigenvalue weighted by molar-refractivity contribution is 5.94. The van der Waals surface area contributed by atoms with Crippen LogP contribution in [0.2, 0.25) is 0 Å². The van der Waals surface area contributed by atoms with Gasteiger partial charge in [0.05, 0.1) is 6.26 Å². The zero-order valence-corrected chi connectivity index (χ0v) is 16.0. The van der Waals surface area contributed by atoms with Crippen LogP contribution in [0.3, 0.4) is 0 Å².